The normalized spacial score (nSPS) is 26.4. The summed E-state index contributed by atoms with van der Waals surface area (Å²) in [6.07, 6.45) is 5.07. The molecule has 1 saturated heterocycles. The molecule has 6 nitrogen and oxygen atoms in total. The second kappa shape index (κ2) is 6.21. The summed E-state index contributed by atoms with van der Waals surface area (Å²) in [5.41, 5.74) is 0. The van der Waals surface area contributed by atoms with Gasteiger partial charge in [-0.25, -0.2) is 4.98 Å². The van der Waals surface area contributed by atoms with E-state index in [-0.39, 0.29) is 29.0 Å². The lowest BCUT2D eigenvalue weighted by Crippen LogP contribution is -3.00. The summed E-state index contributed by atoms with van der Waals surface area (Å²) in [7, 11) is 1.98. The quantitative estimate of drug-likeness (QED) is 0.571. The van der Waals surface area contributed by atoms with Gasteiger partial charge < -0.3 is 31.9 Å². The van der Waals surface area contributed by atoms with Gasteiger partial charge in [0.25, 0.3) is 5.91 Å². The zero-order valence-electron chi connectivity index (χ0n) is 10.2. The molecular weight excluding hydrogens is 300 g/mol. The van der Waals surface area contributed by atoms with Crippen molar-refractivity contribution in [3.8, 4) is 0 Å². The van der Waals surface area contributed by atoms with Crippen LogP contribution in [0.25, 0.3) is 0 Å². The Morgan fingerprint density at radius 3 is 2.94 bits per heavy atom. The van der Waals surface area contributed by atoms with E-state index in [1.807, 2.05) is 7.05 Å². The Kier molecular flexibility index (Phi) is 5.18. The highest BCUT2D eigenvalue weighted by atomic mass is 79.9. The van der Waals surface area contributed by atoms with E-state index >= 15 is 0 Å². The average Bonchev–Trinajstić information content (AvgIpc) is 2.59. The van der Waals surface area contributed by atoms with E-state index in [1.54, 1.807) is 6.20 Å². The van der Waals surface area contributed by atoms with Crippen molar-refractivity contribution in [1.82, 2.24) is 9.97 Å². The zero-order chi connectivity index (χ0) is 12.3. The van der Waals surface area contributed by atoms with Crippen LogP contribution in [-0.4, -0.2) is 58.3 Å². The summed E-state index contributed by atoms with van der Waals surface area (Å²) >= 11 is 0. The second-order valence-corrected chi connectivity index (χ2v) is 4.77. The molecule has 1 fully saturated rings. The third-order valence-corrected chi connectivity index (χ3v) is 3.01. The number of amides is 1. The van der Waals surface area contributed by atoms with Crippen molar-refractivity contribution in [2.75, 3.05) is 32.0 Å². The van der Waals surface area contributed by atoms with E-state index in [2.05, 4.69) is 15.3 Å². The SMILES string of the molecule is C[N+]1(CC(=O)Nc2cnccn2)CCC(O)C1.[Br-]. The Morgan fingerprint density at radius 1 is 1.61 bits per heavy atom. The molecular formula is C11H17BrN4O2. The van der Waals surface area contributed by atoms with Gasteiger partial charge in [0.2, 0.25) is 0 Å². The second-order valence-electron chi connectivity index (χ2n) is 4.77. The highest BCUT2D eigenvalue weighted by Crippen LogP contribution is 2.16. The van der Waals surface area contributed by atoms with E-state index < -0.39 is 0 Å². The molecule has 0 saturated carbocycles. The van der Waals surface area contributed by atoms with E-state index in [0.29, 0.717) is 23.4 Å². The van der Waals surface area contributed by atoms with Gasteiger partial charge >= 0.3 is 0 Å². The Hall–Kier alpha value is -1.05. The van der Waals surface area contributed by atoms with Crippen LogP contribution in [0.15, 0.2) is 18.6 Å². The summed E-state index contributed by atoms with van der Waals surface area (Å²) in [6, 6.07) is 0. The number of rotatable bonds is 3. The maximum absolute atomic E-state index is 11.8. The van der Waals surface area contributed by atoms with Crippen molar-refractivity contribution in [3.63, 3.8) is 0 Å². The fraction of sp³-hybridized carbons (Fsp3) is 0.545. The van der Waals surface area contributed by atoms with Crippen molar-refractivity contribution in [2.24, 2.45) is 0 Å². The molecule has 2 unspecified atom stereocenters. The van der Waals surface area contributed by atoms with Gasteiger partial charge in [0.15, 0.2) is 12.4 Å². The van der Waals surface area contributed by atoms with E-state index in [1.165, 1.54) is 12.4 Å². The summed E-state index contributed by atoms with van der Waals surface area (Å²) in [6.45, 7) is 1.82. The molecule has 1 aromatic heterocycles. The molecule has 0 bridgehead atoms. The van der Waals surface area contributed by atoms with Crippen LogP contribution < -0.4 is 22.3 Å². The molecule has 1 amide bonds. The number of anilines is 1. The van der Waals surface area contributed by atoms with Gasteiger partial charge in [-0.3, -0.25) is 9.78 Å². The predicted octanol–water partition coefficient (Wildman–Crippen LogP) is -3.37. The zero-order valence-corrected chi connectivity index (χ0v) is 11.8. The number of carbonyl (C=O) groups excluding carboxylic acids is 1. The van der Waals surface area contributed by atoms with E-state index in [9.17, 15) is 9.90 Å². The number of quaternary nitrogens is 1. The minimum Gasteiger partial charge on any atom is -1.00 e. The van der Waals surface area contributed by atoms with Gasteiger partial charge in [-0.2, -0.15) is 0 Å². The molecule has 2 atom stereocenters. The van der Waals surface area contributed by atoms with Gasteiger partial charge in [0.1, 0.15) is 12.6 Å². The number of nitrogens with one attached hydrogen (secondary N) is 1. The predicted molar refractivity (Wildman–Crippen MR) is 62.1 cm³/mol. The number of carbonyl (C=O) groups is 1. The van der Waals surface area contributed by atoms with Gasteiger partial charge in [0, 0.05) is 18.8 Å². The molecule has 1 aliphatic heterocycles. The van der Waals surface area contributed by atoms with Crippen LogP contribution in [0, 0.1) is 0 Å². The smallest absolute Gasteiger partial charge is 0.280 e. The van der Waals surface area contributed by atoms with Crippen molar-refractivity contribution in [3.05, 3.63) is 18.6 Å². The molecule has 100 valence electrons. The largest absolute Gasteiger partial charge is 1.00 e. The van der Waals surface area contributed by atoms with Gasteiger partial charge in [-0.1, -0.05) is 0 Å². The monoisotopic (exact) mass is 316 g/mol. The molecule has 18 heavy (non-hydrogen) atoms. The molecule has 0 aromatic carbocycles. The van der Waals surface area contributed by atoms with Crippen LogP contribution in [0.5, 0.6) is 0 Å². The summed E-state index contributed by atoms with van der Waals surface area (Å²) in [5, 5.41) is 12.2. The standard InChI is InChI=1S/C11H16N4O2.BrH/c1-15(5-2-9(16)7-15)8-11(17)14-10-6-12-3-4-13-10;/h3-4,6,9,16H,2,5,7-8H2,1H3;1H. The number of hydrogen-bond donors (Lipinski definition) is 2. The van der Waals surface area contributed by atoms with Crippen molar-refractivity contribution >= 4 is 11.7 Å². The Balaban J connectivity index is 0.00000162. The minimum absolute atomic E-state index is 0. The first-order valence-electron chi connectivity index (χ1n) is 5.65. The molecule has 0 radical (unpaired) electrons. The summed E-state index contributed by atoms with van der Waals surface area (Å²) < 4.78 is 0.577. The first-order valence-corrected chi connectivity index (χ1v) is 5.65. The number of nitrogens with zero attached hydrogens (tertiary/aromatic N) is 3. The van der Waals surface area contributed by atoms with Crippen LogP contribution in [0.3, 0.4) is 0 Å². The number of aromatic nitrogens is 2. The van der Waals surface area contributed by atoms with Crippen LogP contribution in [-0.2, 0) is 4.79 Å². The first-order chi connectivity index (χ1) is 8.07. The number of likely N-dealkylation sites (tertiary alicyclic amines) is 1. The average molecular weight is 317 g/mol. The third kappa shape index (κ3) is 4.01. The number of aliphatic hydroxyl groups is 1. The number of halogens is 1. The fourth-order valence-corrected chi connectivity index (χ4v) is 2.19. The maximum atomic E-state index is 11.8. The van der Waals surface area contributed by atoms with Crippen LogP contribution in [0.4, 0.5) is 5.82 Å². The molecule has 7 heteroatoms. The molecule has 1 aromatic rings. The first kappa shape index (κ1) is 15.0. The maximum Gasteiger partial charge on any atom is 0.280 e. The Morgan fingerprint density at radius 2 is 2.39 bits per heavy atom. The van der Waals surface area contributed by atoms with Crippen LogP contribution in [0.2, 0.25) is 0 Å². The molecule has 2 heterocycles. The number of aliphatic hydroxyl groups excluding tert-OH is 1. The van der Waals surface area contributed by atoms with E-state index in [4.69, 9.17) is 0 Å². The Labute approximate surface area is 116 Å². The van der Waals surface area contributed by atoms with Crippen molar-refractivity contribution < 1.29 is 31.4 Å². The van der Waals surface area contributed by atoms with Gasteiger partial charge in [0.05, 0.1) is 19.8 Å². The lowest BCUT2D eigenvalue weighted by molar-refractivity contribution is -0.890. The number of hydrogen-bond acceptors (Lipinski definition) is 4. The molecule has 0 spiro atoms. The Bertz CT molecular complexity index is 403. The van der Waals surface area contributed by atoms with Crippen LogP contribution >= 0.6 is 0 Å². The van der Waals surface area contributed by atoms with Crippen molar-refractivity contribution in [2.45, 2.75) is 12.5 Å². The summed E-state index contributed by atoms with van der Waals surface area (Å²) in [5.74, 6) is 0.367. The summed E-state index contributed by atoms with van der Waals surface area (Å²) in [4.78, 5) is 19.7. The number of likely N-dealkylation sites (N-methyl/N-ethyl adjacent to an activating group) is 1. The lowest BCUT2D eigenvalue weighted by Gasteiger charge is -2.28. The third-order valence-electron chi connectivity index (χ3n) is 3.01. The highest BCUT2D eigenvalue weighted by Gasteiger charge is 2.35. The van der Waals surface area contributed by atoms with Crippen LogP contribution in [0.1, 0.15) is 6.42 Å². The van der Waals surface area contributed by atoms with Gasteiger partial charge in [-0.15, -0.1) is 0 Å². The fourth-order valence-electron chi connectivity index (χ4n) is 2.19. The molecule has 1 aliphatic rings. The van der Waals surface area contributed by atoms with E-state index in [0.717, 1.165) is 13.0 Å². The molecule has 0 aliphatic carbocycles. The van der Waals surface area contributed by atoms with Gasteiger partial charge in [-0.05, 0) is 0 Å². The van der Waals surface area contributed by atoms with Crippen molar-refractivity contribution in [1.29, 1.82) is 0 Å². The highest BCUT2D eigenvalue weighted by molar-refractivity contribution is 5.90. The molecule has 2 N–H and O–H groups in total. The topological polar surface area (TPSA) is 75.1 Å². The minimum atomic E-state index is -0.288. The lowest BCUT2D eigenvalue weighted by atomic mass is 10.3. The molecule has 2 rings (SSSR count).